The number of aliphatic carboxylic acids is 1. The fraction of sp³-hybridized carbons (Fsp3) is 0.357. The normalized spacial score (nSPS) is 20.2. The number of carbonyl (C=O) groups excluding carboxylic acids is 1. The summed E-state index contributed by atoms with van der Waals surface area (Å²) in [6.07, 6.45) is 0.757. The van der Waals surface area contributed by atoms with Gasteiger partial charge in [0.25, 0.3) is 0 Å². The van der Waals surface area contributed by atoms with Gasteiger partial charge in [0.05, 0.1) is 12.1 Å². The molecule has 1 saturated carbocycles. The van der Waals surface area contributed by atoms with Gasteiger partial charge in [0, 0.05) is 22.1 Å². The van der Waals surface area contributed by atoms with Crippen molar-refractivity contribution >= 4 is 39.7 Å². The summed E-state index contributed by atoms with van der Waals surface area (Å²) in [6.45, 7) is 2.07. The van der Waals surface area contributed by atoms with Crippen molar-refractivity contribution in [1.29, 1.82) is 0 Å². The van der Waals surface area contributed by atoms with Crippen molar-refractivity contribution in [2.45, 2.75) is 25.7 Å². The second kappa shape index (κ2) is 5.57. The number of rotatable bonds is 5. The summed E-state index contributed by atoms with van der Waals surface area (Å²) in [5, 5.41) is 15.7. The lowest BCUT2D eigenvalue weighted by molar-refractivity contribution is -0.136. The van der Waals surface area contributed by atoms with Crippen molar-refractivity contribution in [1.82, 2.24) is 4.98 Å². The molecule has 1 amide bonds. The van der Waals surface area contributed by atoms with Crippen molar-refractivity contribution in [3.63, 3.8) is 0 Å². The molecule has 0 saturated heterocycles. The van der Waals surface area contributed by atoms with Gasteiger partial charge in [0.2, 0.25) is 5.91 Å². The Morgan fingerprint density at radius 1 is 1.48 bits per heavy atom. The van der Waals surface area contributed by atoms with Gasteiger partial charge in [0.1, 0.15) is 0 Å². The number of aryl methyl sites for hydroxylation is 1. The molecule has 0 aliphatic heterocycles. The summed E-state index contributed by atoms with van der Waals surface area (Å²) in [7, 11) is 0. The van der Waals surface area contributed by atoms with Gasteiger partial charge in [-0.2, -0.15) is 0 Å². The molecule has 1 fully saturated rings. The van der Waals surface area contributed by atoms with E-state index in [2.05, 4.69) is 28.7 Å². The van der Waals surface area contributed by atoms with E-state index >= 15 is 0 Å². The third-order valence-electron chi connectivity index (χ3n) is 3.48. The monoisotopic (exact) mass is 322 g/mol. The van der Waals surface area contributed by atoms with Crippen molar-refractivity contribution in [3.8, 4) is 0 Å². The van der Waals surface area contributed by atoms with Crippen LogP contribution in [0.5, 0.6) is 0 Å². The number of hydrogen-bond donors (Lipinski definition) is 2. The number of hydrogen-bond acceptors (Lipinski definition) is 5. The van der Waals surface area contributed by atoms with Gasteiger partial charge in [0.15, 0.2) is 5.13 Å². The summed E-state index contributed by atoms with van der Waals surface area (Å²) in [5.41, 5.74) is 1.72. The van der Waals surface area contributed by atoms with Crippen LogP contribution in [-0.2, 0) is 16.0 Å². The Kier molecular flexibility index (Phi) is 3.77. The zero-order valence-corrected chi connectivity index (χ0v) is 13.0. The summed E-state index contributed by atoms with van der Waals surface area (Å²) in [5.74, 6) is -0.616. The van der Waals surface area contributed by atoms with E-state index in [4.69, 9.17) is 5.11 Å². The average Bonchev–Trinajstić information content (AvgIpc) is 2.91. The maximum atomic E-state index is 12.2. The van der Waals surface area contributed by atoms with Crippen LogP contribution >= 0.6 is 22.7 Å². The van der Waals surface area contributed by atoms with Gasteiger partial charge in [-0.05, 0) is 30.4 Å². The average molecular weight is 322 g/mol. The van der Waals surface area contributed by atoms with Gasteiger partial charge in [-0.15, -0.1) is 22.7 Å². The highest BCUT2D eigenvalue weighted by Crippen LogP contribution is 2.50. The Morgan fingerprint density at radius 2 is 2.29 bits per heavy atom. The van der Waals surface area contributed by atoms with Gasteiger partial charge < -0.3 is 10.4 Å². The number of thiazole rings is 1. The van der Waals surface area contributed by atoms with E-state index in [1.165, 1.54) is 21.8 Å². The molecular formula is C14H14N2O3S2. The van der Waals surface area contributed by atoms with Crippen LogP contribution in [-0.4, -0.2) is 22.0 Å². The van der Waals surface area contributed by atoms with E-state index < -0.39 is 5.97 Å². The standard InChI is InChI=1S/C14H14N2O3S2/c1-7-2-3-20-12(7)9-5-10(9)13(19)16-14-15-8(6-21-14)4-11(17)18/h2-3,6,9-10H,4-5H2,1H3,(H,17,18)(H,15,16,19)/t9-,10-/m0/s1. The third-order valence-corrected chi connectivity index (χ3v) is 5.44. The minimum atomic E-state index is -0.923. The summed E-state index contributed by atoms with van der Waals surface area (Å²) in [6, 6.07) is 2.08. The van der Waals surface area contributed by atoms with Gasteiger partial charge in [-0.1, -0.05) is 0 Å². The molecule has 110 valence electrons. The van der Waals surface area contributed by atoms with Crippen LogP contribution in [0.2, 0.25) is 0 Å². The Hall–Kier alpha value is -1.73. The molecule has 0 bridgehead atoms. The quantitative estimate of drug-likeness (QED) is 0.887. The molecular weight excluding hydrogens is 308 g/mol. The molecule has 1 aliphatic rings. The Labute approximate surface area is 129 Å². The molecule has 2 N–H and O–H groups in total. The number of thiophene rings is 1. The SMILES string of the molecule is Cc1ccsc1[C@H]1C[C@@H]1C(=O)Nc1nc(CC(=O)O)cs1. The first-order valence-electron chi connectivity index (χ1n) is 6.55. The van der Waals surface area contributed by atoms with Gasteiger partial charge in [-0.3, -0.25) is 9.59 Å². The molecule has 3 rings (SSSR count). The van der Waals surface area contributed by atoms with E-state index in [1.54, 1.807) is 16.7 Å². The van der Waals surface area contributed by atoms with E-state index in [1.807, 2.05) is 0 Å². The first-order chi connectivity index (χ1) is 10.0. The lowest BCUT2D eigenvalue weighted by atomic mass is 10.2. The zero-order valence-electron chi connectivity index (χ0n) is 11.3. The highest BCUT2D eigenvalue weighted by atomic mass is 32.1. The van der Waals surface area contributed by atoms with Crippen LogP contribution in [0.25, 0.3) is 0 Å². The summed E-state index contributed by atoms with van der Waals surface area (Å²) < 4.78 is 0. The van der Waals surface area contributed by atoms with Crippen LogP contribution in [0, 0.1) is 12.8 Å². The molecule has 0 radical (unpaired) electrons. The molecule has 2 atom stereocenters. The van der Waals surface area contributed by atoms with Crippen molar-refractivity contribution < 1.29 is 14.7 Å². The highest BCUT2D eigenvalue weighted by molar-refractivity contribution is 7.14. The number of nitrogens with one attached hydrogen (secondary N) is 1. The molecule has 7 heteroatoms. The molecule has 2 aromatic rings. The van der Waals surface area contributed by atoms with Crippen LogP contribution < -0.4 is 5.32 Å². The number of aromatic nitrogens is 1. The number of carboxylic acid groups (broad SMARTS) is 1. The third kappa shape index (κ3) is 3.14. The van der Waals surface area contributed by atoms with Crippen molar-refractivity contribution in [2.24, 2.45) is 5.92 Å². The molecule has 0 aromatic carbocycles. The molecule has 2 aromatic heterocycles. The molecule has 0 spiro atoms. The first kappa shape index (κ1) is 14.2. The van der Waals surface area contributed by atoms with Crippen LogP contribution in [0.4, 0.5) is 5.13 Å². The first-order valence-corrected chi connectivity index (χ1v) is 8.31. The second-order valence-corrected chi connectivity index (χ2v) is 6.93. The number of carbonyl (C=O) groups is 2. The maximum Gasteiger partial charge on any atom is 0.309 e. The van der Waals surface area contributed by atoms with Gasteiger partial charge in [-0.25, -0.2) is 4.98 Å². The topological polar surface area (TPSA) is 79.3 Å². The molecule has 5 nitrogen and oxygen atoms in total. The summed E-state index contributed by atoms with van der Waals surface area (Å²) in [4.78, 5) is 28.2. The molecule has 21 heavy (non-hydrogen) atoms. The fourth-order valence-corrected chi connectivity index (χ4v) is 4.16. The number of amides is 1. The lowest BCUT2D eigenvalue weighted by Gasteiger charge is -2.01. The van der Waals surface area contributed by atoms with Crippen molar-refractivity contribution in [3.05, 3.63) is 33.0 Å². The number of anilines is 1. The van der Waals surface area contributed by atoms with E-state index in [9.17, 15) is 9.59 Å². The number of carboxylic acids is 1. The number of nitrogens with zero attached hydrogens (tertiary/aromatic N) is 1. The highest BCUT2D eigenvalue weighted by Gasteiger charge is 2.45. The van der Waals surface area contributed by atoms with Crippen molar-refractivity contribution in [2.75, 3.05) is 5.32 Å². The Bertz CT molecular complexity index is 692. The Morgan fingerprint density at radius 3 is 2.95 bits per heavy atom. The van der Waals surface area contributed by atoms with E-state index in [-0.39, 0.29) is 18.2 Å². The van der Waals surface area contributed by atoms with Crippen LogP contribution in [0.3, 0.4) is 0 Å². The molecule has 0 unspecified atom stereocenters. The minimum Gasteiger partial charge on any atom is -0.481 e. The smallest absolute Gasteiger partial charge is 0.309 e. The fourth-order valence-electron chi connectivity index (χ4n) is 2.34. The van der Waals surface area contributed by atoms with E-state index in [0.29, 0.717) is 16.7 Å². The van der Waals surface area contributed by atoms with Crippen LogP contribution in [0.1, 0.15) is 28.5 Å². The maximum absolute atomic E-state index is 12.2. The predicted octanol–water partition coefficient (Wildman–Crippen LogP) is 2.88. The largest absolute Gasteiger partial charge is 0.481 e. The van der Waals surface area contributed by atoms with Crippen LogP contribution in [0.15, 0.2) is 16.8 Å². The second-order valence-electron chi connectivity index (χ2n) is 5.12. The minimum absolute atomic E-state index is 0.00849. The zero-order chi connectivity index (χ0) is 15.0. The Balaban J connectivity index is 1.59. The van der Waals surface area contributed by atoms with Gasteiger partial charge >= 0.3 is 5.97 Å². The summed E-state index contributed by atoms with van der Waals surface area (Å²) >= 11 is 2.96. The lowest BCUT2D eigenvalue weighted by Crippen LogP contribution is -2.14. The molecule has 1 aliphatic carbocycles. The van der Waals surface area contributed by atoms with E-state index in [0.717, 1.165) is 6.42 Å². The predicted molar refractivity (Wildman–Crippen MR) is 82.0 cm³/mol. The molecule has 2 heterocycles.